The molecule has 0 aliphatic rings. The van der Waals surface area contributed by atoms with Crippen LogP contribution in [0, 0.1) is 27.7 Å². The molecule has 1 unspecified atom stereocenters. The zero-order valence-electron chi connectivity index (χ0n) is 14.8. The van der Waals surface area contributed by atoms with Gasteiger partial charge >= 0.3 is 0 Å². The first-order valence-corrected chi connectivity index (χ1v) is 9.14. The van der Waals surface area contributed by atoms with Crippen molar-refractivity contribution in [1.29, 1.82) is 0 Å². The van der Waals surface area contributed by atoms with Crippen LogP contribution >= 0.6 is 0 Å². The Kier molecular flexibility index (Phi) is 4.68. The van der Waals surface area contributed by atoms with Crippen LogP contribution in [-0.2, 0) is 23.6 Å². The first kappa shape index (κ1) is 17.7. The average molecular weight is 339 g/mol. The van der Waals surface area contributed by atoms with E-state index in [-0.39, 0.29) is 10.9 Å². The Labute approximate surface area is 137 Å². The summed E-state index contributed by atoms with van der Waals surface area (Å²) in [5, 5.41) is 8.65. The number of aromatic nitrogens is 4. The van der Waals surface area contributed by atoms with Crippen LogP contribution in [0.5, 0.6) is 0 Å². The van der Waals surface area contributed by atoms with Crippen LogP contribution in [-0.4, -0.2) is 28.0 Å². The van der Waals surface area contributed by atoms with Crippen molar-refractivity contribution in [2.24, 2.45) is 7.05 Å². The average Bonchev–Trinajstić information content (AvgIpc) is 2.85. The number of nitrogens with one attached hydrogen (secondary N) is 1. The minimum Gasteiger partial charge on any atom is -0.272 e. The van der Waals surface area contributed by atoms with Crippen molar-refractivity contribution < 1.29 is 8.42 Å². The van der Waals surface area contributed by atoms with Gasteiger partial charge in [0.05, 0.1) is 17.1 Å². The normalized spacial score (nSPS) is 13.5. The molecule has 2 rings (SSSR count). The lowest BCUT2D eigenvalue weighted by molar-refractivity contribution is 0.563. The first-order valence-electron chi connectivity index (χ1n) is 7.66. The van der Waals surface area contributed by atoms with Gasteiger partial charge in [-0.05, 0) is 41.5 Å². The Bertz CT molecular complexity index is 833. The molecule has 1 N–H and O–H groups in total. The van der Waals surface area contributed by atoms with Crippen LogP contribution < -0.4 is 4.72 Å². The molecule has 0 radical (unpaired) electrons. The lowest BCUT2D eigenvalue weighted by atomic mass is 10.1. The molecule has 128 valence electrons. The molecule has 0 saturated carbocycles. The highest BCUT2D eigenvalue weighted by atomic mass is 32.2. The van der Waals surface area contributed by atoms with E-state index in [1.54, 1.807) is 23.2 Å². The van der Waals surface area contributed by atoms with Crippen LogP contribution in [0.25, 0.3) is 0 Å². The van der Waals surface area contributed by atoms with E-state index in [1.165, 1.54) is 0 Å². The van der Waals surface area contributed by atoms with Crippen molar-refractivity contribution in [3.05, 3.63) is 28.3 Å². The summed E-state index contributed by atoms with van der Waals surface area (Å²) >= 11 is 0. The Morgan fingerprint density at radius 3 is 2.13 bits per heavy atom. The van der Waals surface area contributed by atoms with Gasteiger partial charge in [-0.2, -0.15) is 10.2 Å². The Balaban J connectivity index is 2.41. The maximum atomic E-state index is 12.8. The molecular weight excluding hydrogens is 314 g/mol. The molecule has 0 amide bonds. The molecule has 0 aliphatic heterocycles. The number of rotatable bonds is 5. The molecule has 7 nitrogen and oxygen atoms in total. The fraction of sp³-hybridized carbons (Fsp3) is 0.600. The van der Waals surface area contributed by atoms with Gasteiger partial charge in [0.1, 0.15) is 4.90 Å². The Morgan fingerprint density at radius 1 is 1.09 bits per heavy atom. The molecule has 2 aromatic heterocycles. The van der Waals surface area contributed by atoms with E-state index in [4.69, 9.17) is 0 Å². The molecule has 0 spiro atoms. The fourth-order valence-electron chi connectivity index (χ4n) is 3.14. The van der Waals surface area contributed by atoms with Gasteiger partial charge in [-0.1, -0.05) is 0 Å². The standard InChI is InChI=1S/C15H25N5O2S/c1-8-20-13(6)15(11(4)17-20)23(21,22)18-10(3)14-9(2)16-19(7)12(14)5/h10,18H,8H2,1-7H3. The lowest BCUT2D eigenvalue weighted by Gasteiger charge is -2.15. The van der Waals surface area contributed by atoms with E-state index in [1.807, 2.05) is 34.7 Å². The second-order valence-corrected chi connectivity index (χ2v) is 7.52. The highest BCUT2D eigenvalue weighted by Gasteiger charge is 2.28. The zero-order chi connectivity index (χ0) is 17.5. The molecule has 2 aromatic rings. The van der Waals surface area contributed by atoms with E-state index >= 15 is 0 Å². The number of aryl methyl sites for hydroxylation is 4. The smallest absolute Gasteiger partial charge is 0.244 e. The highest BCUT2D eigenvalue weighted by Crippen LogP contribution is 2.25. The van der Waals surface area contributed by atoms with Crippen molar-refractivity contribution in [2.75, 3.05) is 0 Å². The van der Waals surface area contributed by atoms with E-state index in [9.17, 15) is 8.42 Å². The minimum atomic E-state index is -3.65. The molecule has 0 aromatic carbocycles. The van der Waals surface area contributed by atoms with Crippen LogP contribution in [0.3, 0.4) is 0 Å². The molecule has 0 aliphatic carbocycles. The second-order valence-electron chi connectivity index (χ2n) is 5.87. The largest absolute Gasteiger partial charge is 0.272 e. The maximum absolute atomic E-state index is 12.8. The number of sulfonamides is 1. The summed E-state index contributed by atoms with van der Waals surface area (Å²) in [4.78, 5) is 0.269. The van der Waals surface area contributed by atoms with Gasteiger partial charge in [0.15, 0.2) is 0 Å². The summed E-state index contributed by atoms with van der Waals surface area (Å²) < 4.78 is 31.9. The predicted molar refractivity (Wildman–Crippen MR) is 88.8 cm³/mol. The van der Waals surface area contributed by atoms with Gasteiger partial charge in [0.2, 0.25) is 10.0 Å². The van der Waals surface area contributed by atoms with Crippen LogP contribution in [0.1, 0.15) is 48.2 Å². The van der Waals surface area contributed by atoms with Gasteiger partial charge in [0, 0.05) is 30.9 Å². The SMILES string of the molecule is CCn1nc(C)c(S(=O)(=O)NC(C)c2c(C)nn(C)c2C)c1C. The summed E-state index contributed by atoms with van der Waals surface area (Å²) in [6, 6.07) is -0.363. The first-order chi connectivity index (χ1) is 10.6. The summed E-state index contributed by atoms with van der Waals surface area (Å²) in [5.41, 5.74) is 3.87. The van der Waals surface area contributed by atoms with Crippen molar-refractivity contribution in [3.63, 3.8) is 0 Å². The molecule has 23 heavy (non-hydrogen) atoms. The third kappa shape index (κ3) is 3.05. The quantitative estimate of drug-likeness (QED) is 0.902. The monoisotopic (exact) mass is 339 g/mol. The minimum absolute atomic E-state index is 0.269. The molecule has 0 saturated heterocycles. The summed E-state index contributed by atoms with van der Waals surface area (Å²) in [6.45, 7) is 11.7. The van der Waals surface area contributed by atoms with E-state index < -0.39 is 10.0 Å². The summed E-state index contributed by atoms with van der Waals surface area (Å²) in [6.07, 6.45) is 0. The third-order valence-electron chi connectivity index (χ3n) is 4.21. The molecule has 1 atom stereocenters. The Hall–Kier alpha value is -1.67. The maximum Gasteiger partial charge on any atom is 0.244 e. The van der Waals surface area contributed by atoms with Crippen LogP contribution in [0.4, 0.5) is 0 Å². The lowest BCUT2D eigenvalue weighted by Crippen LogP contribution is -2.28. The van der Waals surface area contributed by atoms with Crippen molar-refractivity contribution in [1.82, 2.24) is 24.3 Å². The number of hydrogen-bond donors (Lipinski definition) is 1. The van der Waals surface area contributed by atoms with Gasteiger partial charge in [0.25, 0.3) is 0 Å². The van der Waals surface area contributed by atoms with Gasteiger partial charge in [-0.3, -0.25) is 9.36 Å². The number of nitrogens with zero attached hydrogens (tertiary/aromatic N) is 4. The van der Waals surface area contributed by atoms with Crippen LogP contribution in [0.15, 0.2) is 4.90 Å². The Morgan fingerprint density at radius 2 is 1.70 bits per heavy atom. The van der Waals surface area contributed by atoms with Crippen molar-refractivity contribution >= 4 is 10.0 Å². The van der Waals surface area contributed by atoms with Gasteiger partial charge in [-0.25, -0.2) is 13.1 Å². The van der Waals surface area contributed by atoms with Crippen molar-refractivity contribution in [2.45, 2.75) is 59.0 Å². The van der Waals surface area contributed by atoms with E-state index in [0.717, 1.165) is 17.0 Å². The second kappa shape index (κ2) is 6.09. The topological polar surface area (TPSA) is 81.8 Å². The fourth-order valence-corrected chi connectivity index (χ4v) is 4.77. The highest BCUT2D eigenvalue weighted by molar-refractivity contribution is 7.89. The van der Waals surface area contributed by atoms with E-state index in [0.29, 0.717) is 17.9 Å². The van der Waals surface area contributed by atoms with Crippen molar-refractivity contribution in [3.8, 4) is 0 Å². The summed E-state index contributed by atoms with van der Waals surface area (Å²) in [5.74, 6) is 0. The predicted octanol–water partition coefficient (Wildman–Crippen LogP) is 1.91. The molecule has 0 fully saturated rings. The zero-order valence-corrected chi connectivity index (χ0v) is 15.6. The third-order valence-corrected chi connectivity index (χ3v) is 6.01. The van der Waals surface area contributed by atoms with E-state index in [2.05, 4.69) is 14.9 Å². The van der Waals surface area contributed by atoms with Gasteiger partial charge < -0.3 is 0 Å². The molecule has 2 heterocycles. The summed E-state index contributed by atoms with van der Waals surface area (Å²) in [7, 11) is -1.80. The van der Waals surface area contributed by atoms with Crippen LogP contribution in [0.2, 0.25) is 0 Å². The molecular formula is C15H25N5O2S. The van der Waals surface area contributed by atoms with Gasteiger partial charge in [-0.15, -0.1) is 0 Å². The molecule has 8 heteroatoms. The molecule has 0 bridgehead atoms. The number of hydrogen-bond acceptors (Lipinski definition) is 4.